The van der Waals surface area contributed by atoms with E-state index < -0.39 is 0 Å². The van der Waals surface area contributed by atoms with Gasteiger partial charge in [0, 0.05) is 11.1 Å². The summed E-state index contributed by atoms with van der Waals surface area (Å²) < 4.78 is 0.711. The third-order valence-corrected chi connectivity index (χ3v) is 1.95. The zero-order valence-corrected chi connectivity index (χ0v) is 9.52. The van der Waals surface area contributed by atoms with Crippen molar-refractivity contribution in [2.24, 2.45) is 0 Å². The van der Waals surface area contributed by atoms with E-state index in [0.717, 1.165) is 11.4 Å². The average molecular weight is 221 g/mol. The molecule has 1 aromatic rings. The molecule has 0 aromatic heterocycles. The maximum atomic E-state index is 5.81. The lowest BCUT2D eigenvalue weighted by Crippen LogP contribution is -3.00. The smallest absolute Gasteiger partial charge is 0.155 e. The summed E-state index contributed by atoms with van der Waals surface area (Å²) in [6.07, 6.45) is 0. The van der Waals surface area contributed by atoms with Crippen LogP contribution in [0.1, 0.15) is 0 Å². The molecule has 0 saturated heterocycles. The Morgan fingerprint density at radius 3 is 2.15 bits per heavy atom. The van der Waals surface area contributed by atoms with Crippen LogP contribution in [0.25, 0.3) is 0 Å². The zero-order valence-electron chi connectivity index (χ0n) is 8.01. The molecular weight excluding hydrogens is 207 g/mol. The van der Waals surface area contributed by atoms with Crippen LogP contribution in [-0.2, 0) is 0 Å². The highest BCUT2D eigenvalue weighted by Crippen LogP contribution is 2.27. The Labute approximate surface area is 90.3 Å². The van der Waals surface area contributed by atoms with Gasteiger partial charge in [0.25, 0.3) is 0 Å². The lowest BCUT2D eigenvalue weighted by Gasteiger charge is -2.24. The minimum Gasteiger partial charge on any atom is -1.00 e. The minimum absolute atomic E-state index is 0. The van der Waals surface area contributed by atoms with Gasteiger partial charge in [-0.2, -0.15) is 0 Å². The van der Waals surface area contributed by atoms with E-state index in [1.54, 1.807) is 6.07 Å². The zero-order chi connectivity index (χ0) is 9.35. The van der Waals surface area contributed by atoms with Gasteiger partial charge in [0.1, 0.15) is 0 Å². The second-order valence-corrected chi connectivity index (χ2v) is 4.15. The van der Waals surface area contributed by atoms with Crippen molar-refractivity contribution in [1.29, 1.82) is 0 Å². The number of quaternary nitrogens is 1. The molecule has 0 amide bonds. The molecule has 2 N–H and O–H groups in total. The van der Waals surface area contributed by atoms with Gasteiger partial charge in [0.15, 0.2) is 5.69 Å². The van der Waals surface area contributed by atoms with Gasteiger partial charge in [-0.3, -0.25) is 4.48 Å². The van der Waals surface area contributed by atoms with E-state index in [-0.39, 0.29) is 12.4 Å². The van der Waals surface area contributed by atoms with Crippen molar-refractivity contribution in [1.82, 2.24) is 4.48 Å². The second-order valence-electron chi connectivity index (χ2n) is 3.72. The van der Waals surface area contributed by atoms with Gasteiger partial charge < -0.3 is 18.1 Å². The third kappa shape index (κ3) is 3.07. The highest BCUT2D eigenvalue weighted by atomic mass is 35.5. The van der Waals surface area contributed by atoms with Crippen molar-refractivity contribution in [3.63, 3.8) is 0 Å². The highest BCUT2D eigenvalue weighted by Gasteiger charge is 2.15. The molecule has 0 saturated carbocycles. The van der Waals surface area contributed by atoms with Crippen LogP contribution in [0.3, 0.4) is 0 Å². The van der Waals surface area contributed by atoms with Crippen LogP contribution in [0.4, 0.5) is 11.4 Å². The summed E-state index contributed by atoms with van der Waals surface area (Å²) in [5.41, 5.74) is 7.64. The van der Waals surface area contributed by atoms with Crippen molar-refractivity contribution < 1.29 is 12.4 Å². The number of nitrogens with zero attached hydrogens (tertiary/aromatic N) is 1. The summed E-state index contributed by atoms with van der Waals surface area (Å²) in [6, 6.07) is 5.59. The summed E-state index contributed by atoms with van der Waals surface area (Å²) >= 11 is 5.78. The van der Waals surface area contributed by atoms with Gasteiger partial charge in [-0.05, 0) is 12.1 Å². The first-order chi connectivity index (χ1) is 5.41. The van der Waals surface area contributed by atoms with E-state index in [4.69, 9.17) is 17.3 Å². The molecule has 0 aliphatic carbocycles. The van der Waals surface area contributed by atoms with Crippen molar-refractivity contribution in [3.8, 4) is 0 Å². The number of hydrogen-bond donors (Lipinski definition) is 1. The molecule has 0 bridgehead atoms. The number of anilines is 1. The van der Waals surface area contributed by atoms with Crippen LogP contribution in [0, 0.1) is 0 Å². The molecular formula is C9H14Cl2N2. The lowest BCUT2D eigenvalue weighted by molar-refractivity contribution is -0.00000272. The fraction of sp³-hybridized carbons (Fsp3) is 0.333. The standard InChI is InChI=1S/C9H14ClN2.ClH/c1-12(2,3)9-5-4-7(10)6-8(9)11;/h4-6H,11H2,1-3H3;1H/q+1;/p-1. The second kappa shape index (κ2) is 4.18. The number of nitrogens with two attached hydrogens (primary N) is 1. The molecule has 0 atom stereocenters. The Kier molecular flexibility index (Phi) is 4.04. The fourth-order valence-corrected chi connectivity index (χ4v) is 1.32. The largest absolute Gasteiger partial charge is 1.00 e. The average Bonchev–Trinajstić information content (AvgIpc) is 1.83. The first-order valence-corrected chi connectivity index (χ1v) is 4.16. The van der Waals surface area contributed by atoms with Crippen LogP contribution < -0.4 is 22.6 Å². The summed E-state index contributed by atoms with van der Waals surface area (Å²) in [6.45, 7) is 0. The molecule has 1 aromatic carbocycles. The number of nitrogen functional groups attached to an aromatic ring is 1. The summed E-state index contributed by atoms with van der Waals surface area (Å²) in [5, 5.41) is 0.685. The van der Waals surface area contributed by atoms with Crippen molar-refractivity contribution >= 4 is 23.0 Å². The molecule has 4 heteroatoms. The molecule has 0 radical (unpaired) electrons. The summed E-state index contributed by atoms with van der Waals surface area (Å²) in [4.78, 5) is 0. The lowest BCUT2D eigenvalue weighted by atomic mass is 10.2. The van der Waals surface area contributed by atoms with Gasteiger partial charge in [-0.1, -0.05) is 11.6 Å². The molecule has 0 aliphatic rings. The third-order valence-electron chi connectivity index (χ3n) is 1.71. The number of rotatable bonds is 1. The van der Waals surface area contributed by atoms with Crippen LogP contribution >= 0.6 is 11.6 Å². The van der Waals surface area contributed by atoms with Crippen molar-refractivity contribution in [2.75, 3.05) is 26.9 Å². The van der Waals surface area contributed by atoms with Gasteiger partial charge >= 0.3 is 0 Å². The van der Waals surface area contributed by atoms with Gasteiger partial charge in [-0.15, -0.1) is 0 Å². The summed E-state index contributed by atoms with van der Waals surface area (Å²) in [5.74, 6) is 0. The van der Waals surface area contributed by atoms with E-state index in [1.165, 1.54) is 0 Å². The minimum atomic E-state index is 0. The molecule has 0 unspecified atom stereocenters. The normalized spacial score (nSPS) is 10.8. The topological polar surface area (TPSA) is 26.0 Å². The molecule has 1 rings (SSSR count). The maximum Gasteiger partial charge on any atom is 0.155 e. The Bertz CT molecular complexity index is 292. The highest BCUT2D eigenvalue weighted by molar-refractivity contribution is 6.31. The molecule has 13 heavy (non-hydrogen) atoms. The number of halogens is 2. The first-order valence-electron chi connectivity index (χ1n) is 3.78. The molecule has 0 aliphatic heterocycles. The molecule has 0 fully saturated rings. The SMILES string of the molecule is C[N+](C)(C)c1ccc(Cl)cc1N.[Cl-]. The van der Waals surface area contributed by atoms with Crippen LogP contribution in [0.5, 0.6) is 0 Å². The molecule has 74 valence electrons. The number of benzene rings is 1. The predicted molar refractivity (Wildman–Crippen MR) is 55.4 cm³/mol. The monoisotopic (exact) mass is 220 g/mol. The van der Waals surface area contributed by atoms with Crippen molar-refractivity contribution in [2.45, 2.75) is 0 Å². The van der Waals surface area contributed by atoms with Crippen molar-refractivity contribution in [3.05, 3.63) is 23.2 Å². The van der Waals surface area contributed by atoms with Crippen LogP contribution in [0.15, 0.2) is 18.2 Å². The maximum absolute atomic E-state index is 5.81. The predicted octanol–water partition coefficient (Wildman–Crippen LogP) is -0.877. The van der Waals surface area contributed by atoms with Crippen LogP contribution in [-0.4, -0.2) is 21.1 Å². The number of hydrogen-bond acceptors (Lipinski definition) is 1. The Morgan fingerprint density at radius 2 is 1.77 bits per heavy atom. The fourth-order valence-electron chi connectivity index (χ4n) is 1.14. The molecule has 0 heterocycles. The quantitative estimate of drug-likeness (QED) is 0.484. The molecule has 0 spiro atoms. The van der Waals surface area contributed by atoms with E-state index in [0.29, 0.717) is 9.51 Å². The Morgan fingerprint density at radius 1 is 1.23 bits per heavy atom. The van der Waals surface area contributed by atoms with E-state index >= 15 is 0 Å². The first kappa shape index (κ1) is 12.6. The molecule has 2 nitrogen and oxygen atoms in total. The van der Waals surface area contributed by atoms with E-state index in [2.05, 4.69) is 21.1 Å². The van der Waals surface area contributed by atoms with Gasteiger partial charge in [0.05, 0.1) is 26.8 Å². The van der Waals surface area contributed by atoms with Crippen LogP contribution in [0.2, 0.25) is 5.02 Å². The Hall–Kier alpha value is -0.440. The summed E-state index contributed by atoms with van der Waals surface area (Å²) in [7, 11) is 6.21. The van der Waals surface area contributed by atoms with Gasteiger partial charge in [0.2, 0.25) is 0 Å². The van der Waals surface area contributed by atoms with E-state index in [9.17, 15) is 0 Å². The Balaban J connectivity index is 0.00000144. The van der Waals surface area contributed by atoms with Gasteiger partial charge in [-0.25, -0.2) is 0 Å². The van der Waals surface area contributed by atoms with E-state index in [1.807, 2.05) is 12.1 Å².